The number of nitrogens with one attached hydrogen (secondary N) is 1. The maximum Gasteiger partial charge on any atom is 0.407 e. The van der Waals surface area contributed by atoms with Gasteiger partial charge in [0, 0.05) is 41.1 Å². The van der Waals surface area contributed by atoms with E-state index in [2.05, 4.69) is 26.1 Å². The lowest BCUT2D eigenvalue weighted by atomic mass is 9.46. The molecule has 0 spiro atoms. The summed E-state index contributed by atoms with van der Waals surface area (Å²) in [6.07, 6.45) is -5.54. The molecule has 340 valence electrons. The van der Waals surface area contributed by atoms with Gasteiger partial charge in [0.1, 0.15) is 23.6 Å². The average Bonchev–Trinajstić information content (AvgIpc) is 3.46. The van der Waals surface area contributed by atoms with Crippen molar-refractivity contribution >= 4 is 18.0 Å². The Labute approximate surface area is 366 Å². The number of ether oxygens (including phenoxy) is 7. The maximum absolute atomic E-state index is 14.6. The van der Waals surface area contributed by atoms with Crippen molar-refractivity contribution in [2.45, 2.75) is 156 Å². The van der Waals surface area contributed by atoms with Crippen LogP contribution in [0.3, 0.4) is 0 Å². The van der Waals surface area contributed by atoms with Crippen molar-refractivity contribution in [2.24, 2.45) is 34.0 Å². The van der Waals surface area contributed by atoms with Crippen LogP contribution >= 0.6 is 0 Å². The Balaban J connectivity index is 1.36. The fourth-order valence-corrected chi connectivity index (χ4v) is 11.9. The number of carbonyl (C=O) groups is 3. The Morgan fingerprint density at radius 2 is 1.61 bits per heavy atom. The lowest BCUT2D eigenvalue weighted by molar-refractivity contribution is -0.385. The third-order valence-electron chi connectivity index (χ3n) is 14.6. The number of rotatable bonds is 11. The molecule has 5 aliphatic rings. The smallest absolute Gasteiger partial charge is 0.407 e. The summed E-state index contributed by atoms with van der Waals surface area (Å²) < 4.78 is 44.8. The molecule has 62 heavy (non-hydrogen) atoms. The zero-order valence-corrected chi connectivity index (χ0v) is 38.4. The molecule has 13 nitrogen and oxygen atoms in total. The first kappa shape index (κ1) is 46.0. The highest BCUT2D eigenvalue weighted by Crippen LogP contribution is 2.72. The van der Waals surface area contributed by atoms with Crippen LogP contribution in [0.2, 0.25) is 0 Å². The lowest BCUT2D eigenvalue weighted by Crippen LogP contribution is -2.74. The molecule has 4 fully saturated rings. The lowest BCUT2D eigenvalue weighted by Gasteiger charge is -2.68. The van der Waals surface area contributed by atoms with E-state index in [1.807, 2.05) is 51.1 Å². The van der Waals surface area contributed by atoms with Crippen LogP contribution in [0.1, 0.15) is 118 Å². The third kappa shape index (κ3) is 7.84. The van der Waals surface area contributed by atoms with E-state index in [4.69, 9.17) is 33.2 Å². The summed E-state index contributed by atoms with van der Waals surface area (Å²) in [6, 6.07) is 15.4. The summed E-state index contributed by atoms with van der Waals surface area (Å²) in [4.78, 5) is 41.7. The molecule has 13 heteroatoms. The van der Waals surface area contributed by atoms with Crippen molar-refractivity contribution in [1.82, 2.24) is 5.32 Å². The number of hydrogen-bond acceptors (Lipinski definition) is 12. The highest BCUT2D eigenvalue weighted by Gasteiger charge is 2.77. The van der Waals surface area contributed by atoms with Crippen molar-refractivity contribution in [1.29, 1.82) is 0 Å². The van der Waals surface area contributed by atoms with E-state index in [1.165, 1.54) is 0 Å². The van der Waals surface area contributed by atoms with E-state index in [0.717, 1.165) is 11.1 Å². The first-order chi connectivity index (χ1) is 29.0. The Kier molecular flexibility index (Phi) is 12.3. The van der Waals surface area contributed by atoms with Gasteiger partial charge in [0.25, 0.3) is 0 Å². The number of alkyl carbamates (subject to hydrolysis) is 1. The second kappa shape index (κ2) is 16.5. The second-order valence-electron chi connectivity index (χ2n) is 20.7. The monoisotopic (exact) mass is 861 g/mol. The zero-order chi connectivity index (χ0) is 45.3. The molecule has 3 N–H and O–H groups in total. The maximum atomic E-state index is 14.6. The van der Waals surface area contributed by atoms with Gasteiger partial charge in [-0.3, -0.25) is 0 Å². The first-order valence-corrected chi connectivity index (χ1v) is 22.1. The summed E-state index contributed by atoms with van der Waals surface area (Å²) in [6.45, 7) is 21.2. The van der Waals surface area contributed by atoms with Gasteiger partial charge in [-0.25, -0.2) is 14.4 Å². The van der Waals surface area contributed by atoms with Crippen LogP contribution in [0.25, 0.3) is 0 Å². The van der Waals surface area contributed by atoms with Crippen LogP contribution in [0.5, 0.6) is 5.75 Å². The van der Waals surface area contributed by atoms with Gasteiger partial charge in [-0.15, -0.1) is 0 Å². The van der Waals surface area contributed by atoms with E-state index >= 15 is 0 Å². The normalized spacial score (nSPS) is 35.0. The number of carbonyl (C=O) groups excluding carboxylic acids is 3. The Morgan fingerprint density at radius 3 is 2.18 bits per heavy atom. The van der Waals surface area contributed by atoms with Crippen LogP contribution in [-0.2, 0) is 33.2 Å². The van der Waals surface area contributed by atoms with E-state index in [0.29, 0.717) is 29.9 Å². The largest absolute Gasteiger partial charge is 0.497 e. The molecule has 2 aliphatic heterocycles. The number of aliphatic hydroxyl groups excluding tert-OH is 1. The predicted octanol–water partition coefficient (Wildman–Crippen LogP) is 7.47. The van der Waals surface area contributed by atoms with Gasteiger partial charge in [0.2, 0.25) is 0 Å². The van der Waals surface area contributed by atoms with Crippen molar-refractivity contribution in [2.75, 3.05) is 13.7 Å². The van der Waals surface area contributed by atoms with Gasteiger partial charge in [0.05, 0.1) is 54.6 Å². The van der Waals surface area contributed by atoms with Crippen LogP contribution < -0.4 is 10.1 Å². The number of fused-ring (bicyclic) bond motifs is 3. The Bertz CT molecular complexity index is 2020. The van der Waals surface area contributed by atoms with Gasteiger partial charge in [0.15, 0.2) is 12.4 Å². The number of aliphatic hydroxyl groups is 2. The molecule has 0 bridgehead atoms. The summed E-state index contributed by atoms with van der Waals surface area (Å²) in [7, 11) is 1.61. The molecule has 3 aliphatic carbocycles. The van der Waals surface area contributed by atoms with Gasteiger partial charge in [-0.1, -0.05) is 65.0 Å². The van der Waals surface area contributed by atoms with Crippen LogP contribution in [0, 0.1) is 34.0 Å². The molecule has 2 aromatic rings. The first-order valence-electron chi connectivity index (χ1n) is 22.1. The fourth-order valence-electron chi connectivity index (χ4n) is 11.9. The van der Waals surface area contributed by atoms with Crippen LogP contribution in [0.15, 0.2) is 65.7 Å². The van der Waals surface area contributed by atoms with Crippen LogP contribution in [-0.4, -0.2) is 95.8 Å². The molecule has 13 atom stereocenters. The average molecular weight is 862 g/mol. The molecular formula is C49H67NO12. The quantitative estimate of drug-likeness (QED) is 0.116. The van der Waals surface area contributed by atoms with Gasteiger partial charge >= 0.3 is 18.0 Å². The molecule has 1 unspecified atom stereocenters. The van der Waals surface area contributed by atoms with Gasteiger partial charge in [-0.2, -0.15) is 0 Å². The minimum absolute atomic E-state index is 0.00535. The Hall–Kier alpha value is -4.01. The molecular weight excluding hydrogens is 795 g/mol. The summed E-state index contributed by atoms with van der Waals surface area (Å²) in [5.74, 6) is -1.72. The minimum atomic E-state index is -1.74. The zero-order valence-electron chi connectivity index (χ0n) is 38.4. The van der Waals surface area contributed by atoms with E-state index in [-0.39, 0.29) is 24.9 Å². The number of esters is 2. The molecule has 1 amide bonds. The molecule has 7 rings (SSSR count). The Morgan fingerprint density at radius 1 is 0.952 bits per heavy atom. The molecule has 2 saturated carbocycles. The van der Waals surface area contributed by atoms with E-state index in [1.54, 1.807) is 66.0 Å². The highest BCUT2D eigenvalue weighted by molar-refractivity contribution is 5.89. The summed E-state index contributed by atoms with van der Waals surface area (Å²) in [5, 5.41) is 27.3. The minimum Gasteiger partial charge on any atom is -0.497 e. The number of hydrogen-bond donors (Lipinski definition) is 3. The molecule has 2 heterocycles. The molecule has 2 aromatic carbocycles. The number of amides is 1. The highest BCUT2D eigenvalue weighted by atomic mass is 16.7. The number of benzene rings is 2. The van der Waals surface area contributed by atoms with Gasteiger partial charge in [-0.05, 0) is 89.3 Å². The standard InChI is InChI=1S/C49H67NO12/c1-26(2)22-32(50-44(54)62-45(5,6)7)37(51)42(53)58-33-24-49(46(8,9)55)36(27(33)3)28(4)39-48(11)35(59-43(61-39)30-18-20-31(56-12)21-19-30)23-34-47(10,25-57-34)38(48)40(49)60-41(52)29-16-14-13-15-17-29/h13-21,26,28,32-35,37-40,43,51,55H,22-25H2,1-12H3,(H,50,54)/t28-,32-,33-,34+,35-,37+,38+,39-,40-,43?,47+,48+,49-/m0/s1. The molecule has 0 aromatic heterocycles. The SMILES string of the molecule is COc1ccc(C2O[C@H]3C[C@H]4OC[C@@]4(C)[C@H]4[C@H](OC(=O)c5ccccc5)[C@]5(C(C)(C)O)C[C@H](OC(=O)[C@H](O)[C@H](CC(C)C)NC(=O)OC(C)(C)C)C(C)=C5[C@H](C)[C@H](O2)[C@]34C)cc1. The van der Waals surface area contributed by atoms with Crippen molar-refractivity contribution in [3.8, 4) is 5.75 Å². The summed E-state index contributed by atoms with van der Waals surface area (Å²) >= 11 is 0. The van der Waals surface area contributed by atoms with Crippen molar-refractivity contribution < 1.29 is 57.8 Å². The van der Waals surface area contributed by atoms with E-state index in [9.17, 15) is 24.6 Å². The predicted molar refractivity (Wildman–Crippen MR) is 229 cm³/mol. The topological polar surface area (TPSA) is 168 Å². The van der Waals surface area contributed by atoms with Crippen molar-refractivity contribution in [3.05, 3.63) is 76.9 Å². The summed E-state index contributed by atoms with van der Waals surface area (Å²) in [5.41, 5.74) is -2.47. The molecule has 0 radical (unpaired) electrons. The van der Waals surface area contributed by atoms with Crippen molar-refractivity contribution in [3.63, 3.8) is 0 Å². The number of methoxy groups -OCH3 is 1. The second-order valence-corrected chi connectivity index (χ2v) is 20.7. The molecule has 2 saturated heterocycles. The van der Waals surface area contributed by atoms with Crippen LogP contribution in [0.4, 0.5) is 4.79 Å². The third-order valence-corrected chi connectivity index (χ3v) is 14.6. The fraction of sp³-hybridized carbons (Fsp3) is 0.653. The van der Waals surface area contributed by atoms with E-state index < -0.39 is 100 Å². The van der Waals surface area contributed by atoms with Gasteiger partial charge < -0.3 is 48.7 Å².